The summed E-state index contributed by atoms with van der Waals surface area (Å²) in [5.41, 5.74) is 0.687. The molecule has 3 rings (SSSR count). The Morgan fingerprint density at radius 3 is 2.12 bits per heavy atom. The molecule has 25 heavy (non-hydrogen) atoms. The first-order valence-corrected chi connectivity index (χ1v) is 8.15. The van der Waals surface area contributed by atoms with E-state index in [1.54, 1.807) is 24.3 Å². The zero-order valence-corrected chi connectivity index (χ0v) is 14.1. The summed E-state index contributed by atoms with van der Waals surface area (Å²) >= 11 is 5.80. The summed E-state index contributed by atoms with van der Waals surface area (Å²) in [6.07, 6.45) is 2.33. The minimum absolute atomic E-state index is 0.0143. The van der Waals surface area contributed by atoms with Gasteiger partial charge in [0.1, 0.15) is 0 Å². The van der Waals surface area contributed by atoms with E-state index in [4.69, 9.17) is 21.8 Å². The standard InChI is InChI=1S/C13H15ClN2O.C4H4O4/c14-11-3-1-9(2-4-11)13(17)15-12-8-16-6-5-10(12)7-16;5-3(6)1-2-4(7)8/h1-4,10,12H,5-8H2,(H,15,17);1-2H,(H,5,6)(H,7,8)/b;2-1+. The van der Waals surface area contributed by atoms with Crippen LogP contribution in [0.25, 0.3) is 0 Å². The monoisotopic (exact) mass is 366 g/mol. The Kier molecular flexibility index (Phi) is 6.55. The lowest BCUT2D eigenvalue weighted by Gasteiger charge is -2.23. The van der Waals surface area contributed by atoms with Gasteiger partial charge in [0, 0.05) is 41.9 Å². The lowest BCUT2D eigenvalue weighted by Crippen LogP contribution is -2.43. The van der Waals surface area contributed by atoms with E-state index in [2.05, 4.69) is 10.2 Å². The molecule has 2 aliphatic rings. The van der Waals surface area contributed by atoms with E-state index in [-0.39, 0.29) is 5.91 Å². The summed E-state index contributed by atoms with van der Waals surface area (Å²) in [6.45, 7) is 3.34. The number of hydrogen-bond donors (Lipinski definition) is 3. The van der Waals surface area contributed by atoms with Crippen LogP contribution in [0.2, 0.25) is 5.02 Å². The van der Waals surface area contributed by atoms with E-state index >= 15 is 0 Å². The van der Waals surface area contributed by atoms with Gasteiger partial charge in [0.2, 0.25) is 0 Å². The van der Waals surface area contributed by atoms with E-state index in [1.807, 2.05) is 0 Å². The number of amides is 1. The normalized spacial score (nSPS) is 23.8. The summed E-state index contributed by atoms with van der Waals surface area (Å²) in [7, 11) is 0. The average Bonchev–Trinajstić information content (AvgIpc) is 3.17. The number of rotatable bonds is 4. The fourth-order valence-electron chi connectivity index (χ4n) is 2.94. The molecule has 0 spiro atoms. The van der Waals surface area contributed by atoms with Crippen LogP contribution in [0.3, 0.4) is 0 Å². The van der Waals surface area contributed by atoms with Crippen molar-refractivity contribution in [2.45, 2.75) is 12.5 Å². The van der Waals surface area contributed by atoms with Gasteiger partial charge in [0.15, 0.2) is 0 Å². The third-order valence-corrected chi connectivity index (χ3v) is 4.38. The topological polar surface area (TPSA) is 107 Å². The summed E-state index contributed by atoms with van der Waals surface area (Å²) in [6, 6.07) is 7.37. The second-order valence-corrected chi connectivity index (χ2v) is 6.34. The van der Waals surface area contributed by atoms with Crippen LogP contribution in [0.5, 0.6) is 0 Å². The van der Waals surface area contributed by atoms with E-state index in [0.717, 1.165) is 13.1 Å². The number of hydrogen-bond acceptors (Lipinski definition) is 4. The number of aliphatic carboxylic acids is 2. The highest BCUT2D eigenvalue weighted by atomic mass is 35.5. The summed E-state index contributed by atoms with van der Waals surface area (Å²) in [5.74, 6) is -1.86. The van der Waals surface area contributed by atoms with Crippen molar-refractivity contribution in [2.75, 3.05) is 19.6 Å². The average molecular weight is 367 g/mol. The summed E-state index contributed by atoms with van der Waals surface area (Å²) < 4.78 is 0. The van der Waals surface area contributed by atoms with Gasteiger partial charge in [-0.05, 0) is 43.1 Å². The van der Waals surface area contributed by atoms with Crippen molar-refractivity contribution in [1.82, 2.24) is 10.2 Å². The number of halogens is 1. The van der Waals surface area contributed by atoms with Crippen molar-refractivity contribution in [1.29, 1.82) is 0 Å². The number of piperidine rings is 1. The molecule has 0 saturated carbocycles. The molecule has 3 unspecified atom stereocenters. The molecule has 1 aromatic rings. The molecular weight excluding hydrogens is 348 g/mol. The zero-order chi connectivity index (χ0) is 18.4. The largest absolute Gasteiger partial charge is 0.478 e. The molecule has 2 saturated heterocycles. The second kappa shape index (κ2) is 8.64. The Morgan fingerprint density at radius 2 is 1.68 bits per heavy atom. The molecule has 2 aliphatic heterocycles. The van der Waals surface area contributed by atoms with Crippen molar-refractivity contribution in [3.63, 3.8) is 0 Å². The number of carbonyl (C=O) groups excluding carboxylic acids is 1. The minimum atomic E-state index is -1.26. The maximum atomic E-state index is 12.0. The fourth-order valence-corrected chi connectivity index (χ4v) is 3.07. The smallest absolute Gasteiger partial charge is 0.328 e. The first-order chi connectivity index (χ1) is 11.8. The maximum Gasteiger partial charge on any atom is 0.328 e. The first kappa shape index (κ1) is 19.0. The van der Waals surface area contributed by atoms with Crippen LogP contribution in [0.15, 0.2) is 36.4 Å². The second-order valence-electron chi connectivity index (χ2n) is 5.90. The van der Waals surface area contributed by atoms with Crippen molar-refractivity contribution < 1.29 is 24.6 Å². The van der Waals surface area contributed by atoms with Gasteiger partial charge in [0.05, 0.1) is 0 Å². The van der Waals surface area contributed by atoms with Gasteiger partial charge in [-0.15, -0.1) is 0 Å². The Bertz CT molecular complexity index is 658. The summed E-state index contributed by atoms with van der Waals surface area (Å²) in [5, 5.41) is 19.4. The molecule has 0 radical (unpaired) electrons. The highest BCUT2D eigenvalue weighted by molar-refractivity contribution is 6.30. The minimum Gasteiger partial charge on any atom is -0.478 e. The highest BCUT2D eigenvalue weighted by Gasteiger charge is 2.38. The number of fused-ring (bicyclic) bond motifs is 2. The predicted octanol–water partition coefficient (Wildman–Crippen LogP) is 1.49. The van der Waals surface area contributed by atoms with Gasteiger partial charge in [-0.3, -0.25) is 4.79 Å². The summed E-state index contributed by atoms with van der Waals surface area (Å²) in [4.78, 5) is 33.5. The van der Waals surface area contributed by atoms with Gasteiger partial charge >= 0.3 is 11.9 Å². The van der Waals surface area contributed by atoms with Gasteiger partial charge in [-0.25, -0.2) is 9.59 Å². The number of carboxylic acids is 2. The van der Waals surface area contributed by atoms with Crippen LogP contribution in [0.4, 0.5) is 0 Å². The number of nitrogens with one attached hydrogen (secondary N) is 1. The Balaban J connectivity index is 0.000000242. The van der Waals surface area contributed by atoms with E-state index in [0.29, 0.717) is 34.7 Å². The van der Waals surface area contributed by atoms with Crippen LogP contribution >= 0.6 is 11.6 Å². The molecule has 2 heterocycles. The first-order valence-electron chi connectivity index (χ1n) is 7.78. The Morgan fingerprint density at radius 1 is 1.08 bits per heavy atom. The SMILES string of the molecule is O=C(NC1CN2CCC1C2)c1ccc(Cl)cc1.O=C(O)/C=C/C(=O)O. The molecule has 2 bridgehead atoms. The quantitative estimate of drug-likeness (QED) is 0.697. The maximum absolute atomic E-state index is 12.0. The third kappa shape index (κ3) is 5.88. The van der Waals surface area contributed by atoms with Crippen LogP contribution in [-0.4, -0.2) is 58.6 Å². The van der Waals surface area contributed by atoms with Crippen molar-refractivity contribution >= 4 is 29.4 Å². The van der Waals surface area contributed by atoms with E-state index in [1.165, 1.54) is 13.0 Å². The van der Waals surface area contributed by atoms with E-state index in [9.17, 15) is 14.4 Å². The van der Waals surface area contributed by atoms with Crippen molar-refractivity contribution in [2.24, 2.45) is 5.92 Å². The molecule has 8 heteroatoms. The van der Waals surface area contributed by atoms with Gasteiger partial charge in [0.25, 0.3) is 5.91 Å². The molecule has 7 nitrogen and oxygen atoms in total. The number of carboxylic acid groups (broad SMARTS) is 2. The number of carbonyl (C=O) groups is 3. The molecule has 0 aromatic heterocycles. The van der Waals surface area contributed by atoms with Crippen molar-refractivity contribution in [3.05, 3.63) is 47.0 Å². The highest BCUT2D eigenvalue weighted by Crippen LogP contribution is 2.27. The molecular formula is C17H19ClN2O5. The van der Waals surface area contributed by atoms with Crippen LogP contribution in [0.1, 0.15) is 16.8 Å². The van der Waals surface area contributed by atoms with Crippen molar-refractivity contribution in [3.8, 4) is 0 Å². The van der Waals surface area contributed by atoms with Gasteiger partial charge in [-0.1, -0.05) is 11.6 Å². The fraction of sp³-hybridized carbons (Fsp3) is 0.353. The van der Waals surface area contributed by atoms with Crippen LogP contribution < -0.4 is 5.32 Å². The molecule has 1 amide bonds. The van der Waals surface area contributed by atoms with Gasteiger partial charge < -0.3 is 20.4 Å². The van der Waals surface area contributed by atoms with Gasteiger partial charge in [-0.2, -0.15) is 0 Å². The Labute approximate surface area is 149 Å². The lowest BCUT2D eigenvalue weighted by atomic mass is 9.99. The molecule has 0 aliphatic carbocycles. The van der Waals surface area contributed by atoms with E-state index < -0.39 is 11.9 Å². The number of benzene rings is 1. The Hall–Kier alpha value is -2.38. The predicted molar refractivity (Wildman–Crippen MR) is 91.7 cm³/mol. The zero-order valence-electron chi connectivity index (χ0n) is 13.4. The molecule has 134 valence electrons. The third-order valence-electron chi connectivity index (χ3n) is 4.12. The number of nitrogens with zero attached hydrogens (tertiary/aromatic N) is 1. The molecule has 1 aromatic carbocycles. The molecule has 3 atom stereocenters. The van der Waals surface area contributed by atoms with Crippen LogP contribution in [0, 0.1) is 5.92 Å². The lowest BCUT2D eigenvalue weighted by molar-refractivity contribution is -0.134. The molecule has 2 fully saturated rings. The molecule has 3 N–H and O–H groups in total. The van der Waals surface area contributed by atoms with Crippen LogP contribution in [-0.2, 0) is 9.59 Å².